The number of carbonyl (C=O) groups excluding carboxylic acids is 2. The fraction of sp³-hybridized carbons (Fsp3) is 0.353. The van der Waals surface area contributed by atoms with Gasteiger partial charge in [-0.15, -0.1) is 0 Å². The molecule has 6 nitrogen and oxygen atoms in total. The maximum Gasteiger partial charge on any atom is 0.343 e. The number of halogens is 2. The van der Waals surface area contributed by atoms with Gasteiger partial charge in [0, 0.05) is 12.2 Å². The molecular formula is C17H19ClFN3O3. The molecule has 0 aliphatic heterocycles. The van der Waals surface area contributed by atoms with E-state index in [1.54, 1.807) is 11.6 Å². The molecule has 0 radical (unpaired) electrons. The summed E-state index contributed by atoms with van der Waals surface area (Å²) in [4.78, 5) is 24.0. The number of amides is 1. The zero-order valence-corrected chi connectivity index (χ0v) is 14.8. The molecule has 1 heterocycles. The van der Waals surface area contributed by atoms with Crippen LogP contribution in [0.15, 0.2) is 24.3 Å². The van der Waals surface area contributed by atoms with Crippen LogP contribution in [0.25, 0.3) is 0 Å². The van der Waals surface area contributed by atoms with Crippen molar-refractivity contribution in [2.24, 2.45) is 0 Å². The van der Waals surface area contributed by atoms with Crippen LogP contribution in [-0.4, -0.2) is 28.3 Å². The third-order valence-corrected chi connectivity index (χ3v) is 3.84. The zero-order chi connectivity index (χ0) is 18.4. The second kappa shape index (κ2) is 8.62. The van der Waals surface area contributed by atoms with Crippen molar-refractivity contribution in [3.05, 3.63) is 46.5 Å². The van der Waals surface area contributed by atoms with Crippen LogP contribution in [-0.2, 0) is 16.1 Å². The van der Waals surface area contributed by atoms with Crippen LogP contribution in [0.4, 0.5) is 10.1 Å². The summed E-state index contributed by atoms with van der Waals surface area (Å²) in [6.07, 6.45) is 1.86. The van der Waals surface area contributed by atoms with Crippen molar-refractivity contribution in [1.82, 2.24) is 9.78 Å². The molecule has 25 heavy (non-hydrogen) atoms. The predicted octanol–water partition coefficient (Wildman–Crippen LogP) is 3.58. The summed E-state index contributed by atoms with van der Waals surface area (Å²) in [6.45, 7) is 3.82. The van der Waals surface area contributed by atoms with Crippen molar-refractivity contribution in [1.29, 1.82) is 0 Å². The van der Waals surface area contributed by atoms with Crippen LogP contribution in [0.3, 0.4) is 0 Å². The van der Waals surface area contributed by atoms with E-state index in [2.05, 4.69) is 10.4 Å². The summed E-state index contributed by atoms with van der Waals surface area (Å²) >= 11 is 6.18. The average Bonchev–Trinajstić information content (AvgIpc) is 2.86. The number of nitrogens with zero attached hydrogens (tertiary/aromatic N) is 2. The van der Waals surface area contributed by atoms with E-state index in [0.29, 0.717) is 17.9 Å². The molecule has 134 valence electrons. The van der Waals surface area contributed by atoms with Crippen LogP contribution in [0.1, 0.15) is 35.8 Å². The highest BCUT2D eigenvalue weighted by Crippen LogP contribution is 2.21. The van der Waals surface area contributed by atoms with Crippen molar-refractivity contribution in [2.75, 3.05) is 11.9 Å². The second-order valence-electron chi connectivity index (χ2n) is 5.46. The normalized spacial score (nSPS) is 10.6. The molecule has 0 spiro atoms. The van der Waals surface area contributed by atoms with Gasteiger partial charge < -0.3 is 10.1 Å². The highest BCUT2D eigenvalue weighted by atomic mass is 35.5. The van der Waals surface area contributed by atoms with E-state index in [-0.39, 0.29) is 10.7 Å². The SMILES string of the molecule is CCCCn1nc(C)c(C(=O)OCC(=O)Nc2ccc(F)cc2)c1Cl. The topological polar surface area (TPSA) is 73.2 Å². The van der Waals surface area contributed by atoms with Crippen molar-refractivity contribution < 1.29 is 18.7 Å². The number of esters is 1. The minimum Gasteiger partial charge on any atom is -0.452 e. The number of benzene rings is 1. The number of hydrogen-bond acceptors (Lipinski definition) is 4. The Morgan fingerprint density at radius 3 is 2.64 bits per heavy atom. The molecule has 0 saturated heterocycles. The first-order valence-electron chi connectivity index (χ1n) is 7.87. The maximum atomic E-state index is 12.8. The van der Waals surface area contributed by atoms with Gasteiger partial charge in [0.2, 0.25) is 0 Å². The second-order valence-corrected chi connectivity index (χ2v) is 5.82. The maximum absolute atomic E-state index is 12.8. The largest absolute Gasteiger partial charge is 0.452 e. The molecule has 1 aromatic heterocycles. The lowest BCUT2D eigenvalue weighted by atomic mass is 10.2. The lowest BCUT2D eigenvalue weighted by Gasteiger charge is -2.07. The van der Waals surface area contributed by atoms with E-state index in [1.807, 2.05) is 6.92 Å². The van der Waals surface area contributed by atoms with Gasteiger partial charge in [0.25, 0.3) is 5.91 Å². The number of nitrogens with one attached hydrogen (secondary N) is 1. The summed E-state index contributed by atoms with van der Waals surface area (Å²) in [5.74, 6) is -1.65. The molecule has 0 atom stereocenters. The van der Waals surface area contributed by atoms with Crippen molar-refractivity contribution >= 4 is 29.2 Å². The standard InChI is InChI=1S/C17H19ClFN3O3/c1-3-4-9-22-16(18)15(11(2)21-22)17(24)25-10-14(23)20-13-7-5-12(19)6-8-13/h5-8H,3-4,9-10H2,1-2H3,(H,20,23). The molecule has 8 heteroatoms. The number of ether oxygens (including phenoxy) is 1. The Hall–Kier alpha value is -2.41. The Balaban J connectivity index is 1.94. The highest BCUT2D eigenvalue weighted by molar-refractivity contribution is 6.32. The number of aryl methyl sites for hydroxylation is 2. The van der Waals surface area contributed by atoms with E-state index in [4.69, 9.17) is 16.3 Å². The molecule has 1 amide bonds. The minimum atomic E-state index is -0.709. The van der Waals surface area contributed by atoms with E-state index in [9.17, 15) is 14.0 Å². The number of carbonyl (C=O) groups is 2. The van der Waals surface area contributed by atoms with Crippen LogP contribution >= 0.6 is 11.6 Å². The minimum absolute atomic E-state index is 0.160. The van der Waals surface area contributed by atoms with Crippen molar-refractivity contribution in [2.45, 2.75) is 33.2 Å². The Morgan fingerprint density at radius 1 is 1.32 bits per heavy atom. The summed E-state index contributed by atoms with van der Waals surface area (Å²) < 4.78 is 19.4. The lowest BCUT2D eigenvalue weighted by Crippen LogP contribution is -2.21. The molecule has 0 unspecified atom stereocenters. The summed E-state index contributed by atoms with van der Waals surface area (Å²) in [7, 11) is 0. The number of aromatic nitrogens is 2. The Bertz CT molecular complexity index is 759. The first kappa shape index (κ1) is 18.9. The molecule has 0 aliphatic rings. The van der Waals surface area contributed by atoms with Crippen LogP contribution in [0.2, 0.25) is 5.15 Å². The fourth-order valence-electron chi connectivity index (χ4n) is 2.17. The van der Waals surface area contributed by atoms with Crippen LogP contribution < -0.4 is 5.32 Å². The van der Waals surface area contributed by atoms with Gasteiger partial charge in [-0.2, -0.15) is 5.10 Å². The van der Waals surface area contributed by atoms with E-state index in [0.717, 1.165) is 12.8 Å². The zero-order valence-electron chi connectivity index (χ0n) is 14.0. The molecular weight excluding hydrogens is 349 g/mol. The summed E-state index contributed by atoms with van der Waals surface area (Å²) in [5.41, 5.74) is 1.02. The molecule has 0 bridgehead atoms. The third kappa shape index (κ3) is 5.03. The van der Waals surface area contributed by atoms with Crippen molar-refractivity contribution in [3.8, 4) is 0 Å². The molecule has 0 aliphatic carbocycles. The Labute approximate surface area is 149 Å². The monoisotopic (exact) mass is 367 g/mol. The van der Waals surface area contributed by atoms with Gasteiger partial charge in [-0.3, -0.25) is 9.48 Å². The molecule has 0 fully saturated rings. The van der Waals surface area contributed by atoms with Gasteiger partial charge >= 0.3 is 5.97 Å². The van der Waals surface area contributed by atoms with Gasteiger partial charge in [0.1, 0.15) is 16.5 Å². The summed E-state index contributed by atoms with van der Waals surface area (Å²) in [5, 5.41) is 6.92. The molecule has 1 aromatic carbocycles. The molecule has 0 saturated carbocycles. The third-order valence-electron chi connectivity index (χ3n) is 3.46. The molecule has 2 rings (SSSR count). The van der Waals surface area contributed by atoms with E-state index < -0.39 is 24.3 Å². The van der Waals surface area contributed by atoms with Gasteiger partial charge in [-0.25, -0.2) is 9.18 Å². The number of hydrogen-bond donors (Lipinski definition) is 1. The first-order valence-corrected chi connectivity index (χ1v) is 8.25. The van der Waals surface area contributed by atoms with E-state index >= 15 is 0 Å². The van der Waals surface area contributed by atoms with E-state index in [1.165, 1.54) is 24.3 Å². The van der Waals surface area contributed by atoms with Gasteiger partial charge in [-0.05, 0) is 37.6 Å². The Kier molecular flexibility index (Phi) is 6.52. The number of rotatable bonds is 7. The smallest absolute Gasteiger partial charge is 0.343 e. The van der Waals surface area contributed by atoms with Gasteiger partial charge in [0.15, 0.2) is 6.61 Å². The van der Waals surface area contributed by atoms with Crippen LogP contribution in [0, 0.1) is 12.7 Å². The molecule has 2 aromatic rings. The van der Waals surface area contributed by atoms with Crippen molar-refractivity contribution in [3.63, 3.8) is 0 Å². The molecule has 1 N–H and O–H groups in total. The number of unbranched alkanes of at least 4 members (excludes halogenated alkanes) is 1. The van der Waals surface area contributed by atoms with Gasteiger partial charge in [-0.1, -0.05) is 24.9 Å². The first-order chi connectivity index (χ1) is 11.9. The van der Waals surface area contributed by atoms with Gasteiger partial charge in [0.05, 0.1) is 5.69 Å². The predicted molar refractivity (Wildman–Crippen MR) is 92.2 cm³/mol. The average molecular weight is 368 g/mol. The highest BCUT2D eigenvalue weighted by Gasteiger charge is 2.22. The lowest BCUT2D eigenvalue weighted by molar-refractivity contribution is -0.119. The summed E-state index contributed by atoms with van der Waals surface area (Å²) in [6, 6.07) is 5.26. The Morgan fingerprint density at radius 2 is 2.00 bits per heavy atom. The number of anilines is 1. The van der Waals surface area contributed by atoms with Crippen LogP contribution in [0.5, 0.6) is 0 Å². The fourth-order valence-corrected chi connectivity index (χ4v) is 2.51. The quantitative estimate of drug-likeness (QED) is 0.759.